The Morgan fingerprint density at radius 3 is 1.19 bits per heavy atom. The van der Waals surface area contributed by atoms with Crippen molar-refractivity contribution in [3.63, 3.8) is 0 Å². The molecule has 0 aromatic heterocycles. The van der Waals surface area contributed by atoms with E-state index in [9.17, 15) is 4.79 Å². The number of hydrogen-bond donors (Lipinski definition) is 0. The Kier molecular flexibility index (Phi) is 6.97. The Morgan fingerprint density at radius 2 is 0.806 bits per heavy atom. The zero-order valence-corrected chi connectivity index (χ0v) is 20.7. The van der Waals surface area contributed by atoms with E-state index in [-0.39, 0.29) is 11.5 Å². The van der Waals surface area contributed by atoms with Crippen molar-refractivity contribution in [1.29, 1.82) is 0 Å². The normalized spacial score (nSPS) is 11.6. The van der Waals surface area contributed by atoms with Crippen LogP contribution >= 0.6 is 0 Å². The molecule has 5 aromatic carbocycles. The van der Waals surface area contributed by atoms with Gasteiger partial charge in [-0.05, 0) is 15.6 Å². The van der Waals surface area contributed by atoms with E-state index in [0.29, 0.717) is 11.1 Å². The van der Waals surface area contributed by atoms with Crippen LogP contribution < -0.4 is 15.6 Å². The average molecular weight is 484 g/mol. The van der Waals surface area contributed by atoms with Crippen molar-refractivity contribution in [2.45, 2.75) is 0 Å². The molecule has 0 N–H and O–H groups in total. The van der Waals surface area contributed by atoms with Crippen LogP contribution in [0.3, 0.4) is 0 Å². The van der Waals surface area contributed by atoms with Crippen molar-refractivity contribution in [3.8, 4) is 0 Å². The Labute approximate surface area is 212 Å². The third-order valence-corrected chi connectivity index (χ3v) is 9.92. The van der Waals surface area contributed by atoms with Crippen molar-refractivity contribution in [2.75, 3.05) is 0 Å². The molecule has 36 heavy (non-hydrogen) atoms. The first-order valence-electron chi connectivity index (χ1n) is 11.9. The molecule has 0 amide bonds. The van der Waals surface area contributed by atoms with E-state index in [1.807, 2.05) is 103 Å². The van der Waals surface area contributed by atoms with Gasteiger partial charge in [0.1, 0.15) is 0 Å². The minimum Gasteiger partial charge on any atom is -0.437 e. The first-order valence-corrected chi connectivity index (χ1v) is 13.8. The van der Waals surface area contributed by atoms with Gasteiger partial charge in [0.25, 0.3) is 0 Å². The Hall–Kier alpha value is -4.54. The van der Waals surface area contributed by atoms with E-state index < -0.39 is 8.32 Å². The van der Waals surface area contributed by atoms with E-state index in [1.165, 1.54) is 0 Å². The highest BCUT2D eigenvalue weighted by Gasteiger charge is 2.45. The number of oxime groups is 1. The summed E-state index contributed by atoms with van der Waals surface area (Å²) in [7, 11) is -3.11. The summed E-state index contributed by atoms with van der Waals surface area (Å²) in [5, 5.41) is 7.84. The molecule has 0 bridgehead atoms. The van der Waals surface area contributed by atoms with Crippen molar-refractivity contribution in [1.82, 2.24) is 0 Å². The number of nitrogens with zero attached hydrogens (tertiary/aromatic N) is 1. The summed E-state index contributed by atoms with van der Waals surface area (Å²) in [5.41, 5.74) is 1.56. The summed E-state index contributed by atoms with van der Waals surface area (Å²) < 4.78 is 6.75. The highest BCUT2D eigenvalue weighted by Crippen LogP contribution is 2.14. The van der Waals surface area contributed by atoms with Crippen LogP contribution in [0.4, 0.5) is 0 Å². The van der Waals surface area contributed by atoms with E-state index in [0.717, 1.165) is 15.6 Å². The maximum absolute atomic E-state index is 13.7. The van der Waals surface area contributed by atoms with Crippen molar-refractivity contribution < 1.29 is 9.32 Å². The zero-order chi connectivity index (χ0) is 24.6. The SMILES string of the molecule is O=C(/C(=N/O[Si](c1ccccc1)(c1ccccc1)c1ccccc1)c1ccccc1)c1ccccc1. The number of Topliss-reactive ketones (excluding diaryl/α,β-unsaturated/α-hetero) is 1. The van der Waals surface area contributed by atoms with Crippen LogP contribution in [0.25, 0.3) is 0 Å². The third-order valence-electron chi connectivity index (χ3n) is 6.11. The van der Waals surface area contributed by atoms with Gasteiger partial charge in [0.15, 0.2) is 5.71 Å². The summed E-state index contributed by atoms with van der Waals surface area (Å²) in [5.74, 6) is -0.182. The van der Waals surface area contributed by atoms with Gasteiger partial charge in [0.2, 0.25) is 5.78 Å². The van der Waals surface area contributed by atoms with Gasteiger partial charge in [-0.15, -0.1) is 0 Å². The van der Waals surface area contributed by atoms with E-state index in [4.69, 9.17) is 9.68 Å². The smallest absolute Gasteiger partial charge is 0.380 e. The fourth-order valence-electron chi connectivity index (χ4n) is 4.34. The molecule has 0 radical (unpaired) electrons. The molecule has 3 nitrogen and oxygen atoms in total. The topological polar surface area (TPSA) is 38.7 Å². The quantitative estimate of drug-likeness (QED) is 0.103. The molecule has 0 saturated carbocycles. The average Bonchev–Trinajstić information content (AvgIpc) is 2.97. The maximum Gasteiger partial charge on any atom is 0.380 e. The fraction of sp³-hybridized carbons (Fsp3) is 0. The van der Waals surface area contributed by atoms with Crippen molar-refractivity contribution >= 4 is 35.4 Å². The van der Waals surface area contributed by atoms with Crippen LogP contribution in [0.2, 0.25) is 0 Å². The van der Waals surface area contributed by atoms with Gasteiger partial charge in [0.05, 0.1) is 0 Å². The van der Waals surface area contributed by atoms with Gasteiger partial charge >= 0.3 is 8.32 Å². The first-order chi connectivity index (χ1) is 17.8. The van der Waals surface area contributed by atoms with Crippen LogP contribution in [-0.4, -0.2) is 19.8 Å². The number of hydrogen-bond acceptors (Lipinski definition) is 3. The summed E-state index contributed by atoms with van der Waals surface area (Å²) in [4.78, 5) is 13.7. The monoisotopic (exact) mass is 483 g/mol. The van der Waals surface area contributed by atoms with Gasteiger partial charge < -0.3 is 4.53 Å². The standard InChI is InChI=1S/C32H25NO2Si/c34-32(27-18-8-2-9-19-27)31(26-16-6-1-7-17-26)33-35-36(28-20-10-3-11-21-28,29-22-12-4-13-23-29)30-24-14-5-15-25-30/h1-25H/b33-31+. The van der Waals surface area contributed by atoms with Gasteiger partial charge in [-0.2, -0.15) is 0 Å². The lowest BCUT2D eigenvalue weighted by molar-refractivity contribution is 0.106. The van der Waals surface area contributed by atoms with Crippen LogP contribution in [-0.2, 0) is 4.53 Å². The number of ketones is 1. The number of rotatable bonds is 8. The molecular weight excluding hydrogens is 458 g/mol. The number of benzene rings is 5. The van der Waals surface area contributed by atoms with E-state index in [1.54, 1.807) is 12.1 Å². The van der Waals surface area contributed by atoms with Crippen LogP contribution in [0, 0.1) is 0 Å². The van der Waals surface area contributed by atoms with Crippen LogP contribution in [0.15, 0.2) is 157 Å². The van der Waals surface area contributed by atoms with Gasteiger partial charge in [-0.3, -0.25) is 4.79 Å². The van der Waals surface area contributed by atoms with E-state index in [2.05, 4.69) is 36.4 Å². The van der Waals surface area contributed by atoms with Gasteiger partial charge in [0, 0.05) is 11.1 Å². The molecule has 0 aliphatic heterocycles. The molecule has 0 heterocycles. The van der Waals surface area contributed by atoms with Crippen LogP contribution in [0.1, 0.15) is 15.9 Å². The van der Waals surface area contributed by atoms with Crippen molar-refractivity contribution in [2.24, 2.45) is 5.16 Å². The molecule has 0 unspecified atom stereocenters. The molecule has 0 fully saturated rings. The Morgan fingerprint density at radius 1 is 0.472 bits per heavy atom. The summed E-state index contributed by atoms with van der Waals surface area (Å²) >= 11 is 0. The minimum absolute atomic E-state index is 0.182. The van der Waals surface area contributed by atoms with Crippen molar-refractivity contribution in [3.05, 3.63) is 163 Å². The van der Waals surface area contributed by atoms with E-state index >= 15 is 0 Å². The fourth-order valence-corrected chi connectivity index (χ4v) is 7.87. The third kappa shape index (κ3) is 4.67. The molecule has 0 aliphatic carbocycles. The molecule has 0 saturated heterocycles. The highest BCUT2D eigenvalue weighted by molar-refractivity contribution is 7.07. The molecule has 0 spiro atoms. The van der Waals surface area contributed by atoms with Crippen LogP contribution in [0.5, 0.6) is 0 Å². The Balaban J connectivity index is 1.73. The second-order valence-corrected chi connectivity index (χ2v) is 11.6. The Bertz CT molecular complexity index is 1340. The molecule has 4 heteroatoms. The molecule has 0 atom stereocenters. The number of carbonyl (C=O) groups is 1. The largest absolute Gasteiger partial charge is 0.437 e. The molecule has 5 aromatic rings. The zero-order valence-electron chi connectivity index (χ0n) is 19.7. The summed E-state index contributed by atoms with van der Waals surface area (Å²) in [6, 6.07) is 49.3. The highest BCUT2D eigenvalue weighted by atomic mass is 28.4. The molecule has 0 aliphatic rings. The second-order valence-electron chi connectivity index (χ2n) is 8.37. The lowest BCUT2D eigenvalue weighted by atomic mass is 10.0. The molecule has 5 rings (SSSR count). The lowest BCUT2D eigenvalue weighted by Crippen LogP contribution is -2.68. The number of carbonyl (C=O) groups excluding carboxylic acids is 1. The summed E-state index contributed by atoms with van der Waals surface area (Å²) in [6.07, 6.45) is 0. The maximum atomic E-state index is 13.7. The first kappa shape index (κ1) is 23.2. The second kappa shape index (κ2) is 10.8. The van der Waals surface area contributed by atoms with Gasteiger partial charge in [-0.25, -0.2) is 0 Å². The lowest BCUT2D eigenvalue weighted by Gasteiger charge is -2.30. The molecular formula is C32H25NO2Si. The minimum atomic E-state index is -3.11. The van der Waals surface area contributed by atoms with Gasteiger partial charge in [-0.1, -0.05) is 157 Å². The predicted octanol–water partition coefficient (Wildman–Crippen LogP) is 4.96. The summed E-state index contributed by atoms with van der Waals surface area (Å²) in [6.45, 7) is 0. The molecule has 174 valence electrons. The predicted molar refractivity (Wildman–Crippen MR) is 149 cm³/mol.